The summed E-state index contributed by atoms with van der Waals surface area (Å²) in [5.41, 5.74) is 2.65. The van der Waals surface area contributed by atoms with Crippen molar-refractivity contribution in [3.05, 3.63) is 35.4 Å². The van der Waals surface area contributed by atoms with E-state index in [4.69, 9.17) is 5.11 Å². The lowest BCUT2D eigenvalue weighted by molar-refractivity contribution is 0.231. The molecule has 2 N–H and O–H groups in total. The second-order valence-electron chi connectivity index (χ2n) is 4.27. The van der Waals surface area contributed by atoms with Gasteiger partial charge in [0.2, 0.25) is 0 Å². The number of hydrogen-bond acceptors (Lipinski definition) is 2. The van der Waals surface area contributed by atoms with Crippen molar-refractivity contribution in [1.29, 1.82) is 0 Å². The monoisotopic (exact) mass is 207 g/mol. The van der Waals surface area contributed by atoms with E-state index < -0.39 is 0 Å². The average molecular weight is 207 g/mol. The number of aryl methyl sites for hydroxylation is 1. The highest BCUT2D eigenvalue weighted by Crippen LogP contribution is 2.16. The lowest BCUT2D eigenvalue weighted by atomic mass is 10.0. The third-order valence-corrected chi connectivity index (χ3v) is 2.74. The van der Waals surface area contributed by atoms with Crippen LogP contribution in [0.25, 0.3) is 0 Å². The van der Waals surface area contributed by atoms with E-state index in [1.54, 1.807) is 0 Å². The van der Waals surface area contributed by atoms with Gasteiger partial charge >= 0.3 is 0 Å². The molecular weight excluding hydrogens is 186 g/mol. The van der Waals surface area contributed by atoms with Crippen molar-refractivity contribution < 1.29 is 5.11 Å². The molecule has 0 aromatic heterocycles. The molecule has 0 amide bonds. The molecule has 0 aliphatic heterocycles. The third kappa shape index (κ3) is 3.65. The summed E-state index contributed by atoms with van der Waals surface area (Å²) >= 11 is 0. The maximum absolute atomic E-state index is 8.93. The number of hydrogen-bond donors (Lipinski definition) is 2. The van der Waals surface area contributed by atoms with Gasteiger partial charge in [0, 0.05) is 19.2 Å². The second-order valence-corrected chi connectivity index (χ2v) is 4.27. The van der Waals surface area contributed by atoms with E-state index in [9.17, 15) is 0 Å². The van der Waals surface area contributed by atoms with Crippen LogP contribution in [-0.4, -0.2) is 18.3 Å². The molecule has 2 atom stereocenters. The zero-order valence-corrected chi connectivity index (χ0v) is 9.83. The molecule has 0 radical (unpaired) electrons. The standard InChI is InChI=1S/C13H21NO/c1-10(9-15)8-14-12(3)13-7-5-4-6-11(13)2/h4-7,10,12,14-15H,8-9H2,1-3H3. The van der Waals surface area contributed by atoms with E-state index in [1.807, 2.05) is 6.92 Å². The Labute approximate surface area is 92.3 Å². The summed E-state index contributed by atoms with van der Waals surface area (Å²) in [5, 5.41) is 12.4. The molecule has 2 heteroatoms. The van der Waals surface area contributed by atoms with Crippen molar-refractivity contribution >= 4 is 0 Å². The summed E-state index contributed by atoms with van der Waals surface area (Å²) in [6, 6.07) is 8.75. The molecule has 0 aliphatic carbocycles. The van der Waals surface area contributed by atoms with E-state index in [1.165, 1.54) is 11.1 Å². The van der Waals surface area contributed by atoms with Gasteiger partial charge in [-0.3, -0.25) is 0 Å². The van der Waals surface area contributed by atoms with Gasteiger partial charge in [-0.25, -0.2) is 0 Å². The van der Waals surface area contributed by atoms with Crippen LogP contribution in [0.2, 0.25) is 0 Å². The minimum Gasteiger partial charge on any atom is -0.396 e. The first-order chi connectivity index (χ1) is 7.15. The molecule has 1 aromatic rings. The fourth-order valence-corrected chi connectivity index (χ4v) is 1.63. The lowest BCUT2D eigenvalue weighted by Crippen LogP contribution is -2.26. The van der Waals surface area contributed by atoms with Gasteiger partial charge in [-0.05, 0) is 30.9 Å². The molecule has 1 rings (SSSR count). The molecule has 0 fully saturated rings. The molecule has 2 nitrogen and oxygen atoms in total. The molecule has 15 heavy (non-hydrogen) atoms. The molecule has 0 aliphatic rings. The van der Waals surface area contributed by atoms with E-state index in [2.05, 4.69) is 43.4 Å². The Bertz CT molecular complexity index is 298. The van der Waals surface area contributed by atoms with Gasteiger partial charge in [-0.2, -0.15) is 0 Å². The van der Waals surface area contributed by atoms with Crippen LogP contribution >= 0.6 is 0 Å². The van der Waals surface area contributed by atoms with Gasteiger partial charge in [-0.15, -0.1) is 0 Å². The Morgan fingerprint density at radius 2 is 1.93 bits per heavy atom. The highest BCUT2D eigenvalue weighted by Gasteiger charge is 2.08. The van der Waals surface area contributed by atoms with E-state index in [0.29, 0.717) is 12.0 Å². The number of aliphatic hydroxyl groups excluding tert-OH is 1. The Hall–Kier alpha value is -0.860. The first kappa shape index (κ1) is 12.2. The molecule has 0 bridgehead atoms. The van der Waals surface area contributed by atoms with Crippen LogP contribution in [0, 0.1) is 12.8 Å². The van der Waals surface area contributed by atoms with Gasteiger partial charge in [0.1, 0.15) is 0 Å². The summed E-state index contributed by atoms with van der Waals surface area (Å²) in [4.78, 5) is 0. The molecule has 2 unspecified atom stereocenters. The van der Waals surface area contributed by atoms with Crippen molar-refractivity contribution in [2.24, 2.45) is 5.92 Å². The average Bonchev–Trinajstić information content (AvgIpc) is 2.26. The van der Waals surface area contributed by atoms with E-state index in [0.717, 1.165) is 6.54 Å². The Balaban J connectivity index is 2.54. The van der Waals surface area contributed by atoms with Gasteiger partial charge in [0.05, 0.1) is 0 Å². The van der Waals surface area contributed by atoms with Gasteiger partial charge in [0.25, 0.3) is 0 Å². The lowest BCUT2D eigenvalue weighted by Gasteiger charge is -2.18. The Morgan fingerprint density at radius 3 is 2.53 bits per heavy atom. The number of nitrogens with one attached hydrogen (secondary N) is 1. The summed E-state index contributed by atoms with van der Waals surface area (Å²) in [6.07, 6.45) is 0. The van der Waals surface area contributed by atoms with E-state index in [-0.39, 0.29) is 6.61 Å². The Kier molecular flexibility index (Phi) is 4.79. The largest absolute Gasteiger partial charge is 0.396 e. The fraction of sp³-hybridized carbons (Fsp3) is 0.538. The second kappa shape index (κ2) is 5.89. The maximum Gasteiger partial charge on any atom is 0.0468 e. The van der Waals surface area contributed by atoms with Crippen LogP contribution in [0.1, 0.15) is 31.0 Å². The van der Waals surface area contributed by atoms with Crippen molar-refractivity contribution in [2.75, 3.05) is 13.2 Å². The predicted molar refractivity (Wildman–Crippen MR) is 63.8 cm³/mol. The molecule has 1 aromatic carbocycles. The zero-order valence-electron chi connectivity index (χ0n) is 9.83. The molecule has 0 saturated carbocycles. The fourth-order valence-electron chi connectivity index (χ4n) is 1.63. The molecule has 0 saturated heterocycles. The molecule has 0 heterocycles. The number of benzene rings is 1. The first-order valence-electron chi connectivity index (χ1n) is 5.55. The van der Waals surface area contributed by atoms with Crippen molar-refractivity contribution in [1.82, 2.24) is 5.32 Å². The number of rotatable bonds is 5. The minimum absolute atomic E-state index is 0.244. The maximum atomic E-state index is 8.93. The molecule has 0 spiro atoms. The summed E-state index contributed by atoms with van der Waals surface area (Å²) in [6.45, 7) is 7.42. The number of aliphatic hydroxyl groups is 1. The van der Waals surface area contributed by atoms with Crippen molar-refractivity contribution in [3.8, 4) is 0 Å². The highest BCUT2D eigenvalue weighted by atomic mass is 16.3. The zero-order chi connectivity index (χ0) is 11.3. The van der Waals surface area contributed by atoms with Gasteiger partial charge in [0.15, 0.2) is 0 Å². The molecular formula is C13H21NO. The van der Waals surface area contributed by atoms with Crippen molar-refractivity contribution in [2.45, 2.75) is 26.8 Å². The quantitative estimate of drug-likeness (QED) is 0.776. The van der Waals surface area contributed by atoms with Crippen LogP contribution in [0.3, 0.4) is 0 Å². The van der Waals surface area contributed by atoms with Gasteiger partial charge in [-0.1, -0.05) is 31.2 Å². The van der Waals surface area contributed by atoms with Crippen LogP contribution in [0.15, 0.2) is 24.3 Å². The van der Waals surface area contributed by atoms with Crippen LogP contribution in [0.4, 0.5) is 0 Å². The van der Waals surface area contributed by atoms with Crippen LogP contribution < -0.4 is 5.32 Å². The Morgan fingerprint density at radius 1 is 1.27 bits per heavy atom. The topological polar surface area (TPSA) is 32.3 Å². The van der Waals surface area contributed by atoms with E-state index >= 15 is 0 Å². The normalized spacial score (nSPS) is 14.9. The van der Waals surface area contributed by atoms with Gasteiger partial charge < -0.3 is 10.4 Å². The van der Waals surface area contributed by atoms with Crippen LogP contribution in [0.5, 0.6) is 0 Å². The minimum atomic E-state index is 0.244. The summed E-state index contributed by atoms with van der Waals surface area (Å²) in [7, 11) is 0. The molecule has 84 valence electrons. The smallest absolute Gasteiger partial charge is 0.0468 e. The first-order valence-corrected chi connectivity index (χ1v) is 5.55. The summed E-state index contributed by atoms with van der Waals surface area (Å²) in [5.74, 6) is 0.316. The third-order valence-electron chi connectivity index (χ3n) is 2.74. The highest BCUT2D eigenvalue weighted by molar-refractivity contribution is 5.28. The predicted octanol–water partition coefficient (Wildman–Crippen LogP) is 2.27. The summed E-state index contributed by atoms with van der Waals surface area (Å²) < 4.78 is 0. The van der Waals surface area contributed by atoms with Crippen LogP contribution in [-0.2, 0) is 0 Å². The SMILES string of the molecule is Cc1ccccc1C(C)NCC(C)CO. The van der Waals surface area contributed by atoms with Crippen molar-refractivity contribution in [3.63, 3.8) is 0 Å².